The van der Waals surface area contributed by atoms with Gasteiger partial charge in [-0.1, -0.05) is 11.6 Å². The van der Waals surface area contributed by atoms with Crippen LogP contribution < -0.4 is 16.0 Å². The van der Waals surface area contributed by atoms with Crippen LogP contribution in [0.2, 0.25) is 5.02 Å². The van der Waals surface area contributed by atoms with Gasteiger partial charge in [0, 0.05) is 47.9 Å². The van der Waals surface area contributed by atoms with E-state index in [2.05, 4.69) is 20.9 Å². The van der Waals surface area contributed by atoms with Crippen molar-refractivity contribution in [2.75, 3.05) is 32.4 Å². The maximum Gasteiger partial charge on any atom is 0.287 e. The summed E-state index contributed by atoms with van der Waals surface area (Å²) in [5, 5.41) is 10.1. The van der Waals surface area contributed by atoms with Gasteiger partial charge in [0.15, 0.2) is 11.7 Å². The zero-order chi connectivity index (χ0) is 19.5. The summed E-state index contributed by atoms with van der Waals surface area (Å²) in [5.41, 5.74) is 0.840. The molecule has 0 saturated carbocycles. The molecule has 1 heterocycles. The second-order valence-electron chi connectivity index (χ2n) is 5.77. The van der Waals surface area contributed by atoms with Crippen LogP contribution in [0.5, 0.6) is 0 Å². The third-order valence-electron chi connectivity index (χ3n) is 3.70. The fraction of sp³-hybridized carbons (Fsp3) is 0.368. The molecule has 2 rings (SSSR count). The van der Waals surface area contributed by atoms with Gasteiger partial charge in [-0.3, -0.25) is 9.79 Å². The molecule has 8 heteroatoms. The highest BCUT2D eigenvalue weighted by Gasteiger charge is 2.11. The van der Waals surface area contributed by atoms with E-state index < -0.39 is 0 Å². The minimum atomic E-state index is -0.181. The average molecular weight is 409 g/mol. The third-order valence-corrected chi connectivity index (χ3v) is 4.97. The van der Waals surface area contributed by atoms with Crippen LogP contribution in [0.3, 0.4) is 0 Å². The smallest absolute Gasteiger partial charge is 0.287 e. The second-order valence-corrected chi connectivity index (χ2v) is 7.38. The molecular formula is C19H25ClN4O2S. The fourth-order valence-corrected chi connectivity index (χ4v) is 3.17. The van der Waals surface area contributed by atoms with Crippen molar-refractivity contribution >= 4 is 35.2 Å². The van der Waals surface area contributed by atoms with Crippen LogP contribution in [-0.2, 0) is 0 Å². The van der Waals surface area contributed by atoms with Crippen LogP contribution in [-0.4, -0.2) is 44.3 Å². The summed E-state index contributed by atoms with van der Waals surface area (Å²) in [6, 6.07) is 9.59. The number of hydrogen-bond acceptors (Lipinski definition) is 4. The van der Waals surface area contributed by atoms with Gasteiger partial charge in [0.05, 0.1) is 6.26 Å². The fourth-order valence-electron chi connectivity index (χ4n) is 2.27. The Morgan fingerprint density at radius 3 is 2.48 bits per heavy atom. The van der Waals surface area contributed by atoms with Crippen LogP contribution in [0.25, 0.3) is 0 Å². The normalized spacial score (nSPS) is 11.3. The van der Waals surface area contributed by atoms with Gasteiger partial charge in [-0.05, 0) is 43.7 Å². The van der Waals surface area contributed by atoms with Crippen molar-refractivity contribution in [3.63, 3.8) is 0 Å². The Balaban J connectivity index is 1.55. The quantitative estimate of drug-likeness (QED) is 0.257. The van der Waals surface area contributed by atoms with Gasteiger partial charge in [0.1, 0.15) is 0 Å². The summed E-state index contributed by atoms with van der Waals surface area (Å²) in [7, 11) is 1.74. The summed E-state index contributed by atoms with van der Waals surface area (Å²) in [4.78, 5) is 17.3. The number of aryl methyl sites for hydroxylation is 1. The number of furan rings is 1. The van der Waals surface area contributed by atoms with E-state index in [0.29, 0.717) is 18.8 Å². The molecule has 2 aromatic rings. The van der Waals surface area contributed by atoms with Crippen molar-refractivity contribution in [1.29, 1.82) is 0 Å². The van der Waals surface area contributed by atoms with E-state index in [9.17, 15) is 4.79 Å². The molecule has 0 aliphatic rings. The van der Waals surface area contributed by atoms with E-state index in [4.69, 9.17) is 16.0 Å². The highest BCUT2D eigenvalue weighted by molar-refractivity contribution is 7.99. The molecule has 0 radical (unpaired) electrons. The van der Waals surface area contributed by atoms with Gasteiger partial charge < -0.3 is 20.4 Å². The molecule has 1 aromatic heterocycles. The molecule has 0 fully saturated rings. The summed E-state index contributed by atoms with van der Waals surface area (Å²) < 4.78 is 5.17. The molecule has 0 saturated heterocycles. The SMILES string of the molecule is CN=C(NCCCNC(=O)c1occc1C)NCCSc1ccc(Cl)cc1. The molecule has 1 amide bonds. The van der Waals surface area contributed by atoms with Crippen LogP contribution in [0, 0.1) is 6.92 Å². The van der Waals surface area contributed by atoms with Gasteiger partial charge in [0.2, 0.25) is 0 Å². The van der Waals surface area contributed by atoms with Crippen molar-refractivity contribution in [2.45, 2.75) is 18.2 Å². The maximum absolute atomic E-state index is 11.9. The predicted octanol–water partition coefficient (Wildman–Crippen LogP) is 3.32. The minimum absolute atomic E-state index is 0.181. The number of amides is 1. The summed E-state index contributed by atoms with van der Waals surface area (Å²) in [6.45, 7) is 3.92. The second kappa shape index (κ2) is 11.6. The number of rotatable bonds is 9. The first-order chi connectivity index (χ1) is 13.1. The molecule has 3 N–H and O–H groups in total. The number of guanidine groups is 1. The highest BCUT2D eigenvalue weighted by Crippen LogP contribution is 2.19. The lowest BCUT2D eigenvalue weighted by molar-refractivity contribution is 0.0925. The van der Waals surface area contributed by atoms with Gasteiger partial charge in [-0.2, -0.15) is 0 Å². The van der Waals surface area contributed by atoms with Crippen molar-refractivity contribution in [3.8, 4) is 0 Å². The van der Waals surface area contributed by atoms with Crippen molar-refractivity contribution in [2.24, 2.45) is 4.99 Å². The number of benzene rings is 1. The van der Waals surface area contributed by atoms with E-state index in [1.165, 1.54) is 11.2 Å². The van der Waals surface area contributed by atoms with Crippen LogP contribution in [0.1, 0.15) is 22.5 Å². The molecule has 0 atom stereocenters. The largest absolute Gasteiger partial charge is 0.459 e. The first-order valence-corrected chi connectivity index (χ1v) is 10.1. The van der Waals surface area contributed by atoms with Crippen molar-refractivity contribution < 1.29 is 9.21 Å². The maximum atomic E-state index is 11.9. The van der Waals surface area contributed by atoms with E-state index in [1.807, 2.05) is 31.2 Å². The Bertz CT molecular complexity index is 746. The van der Waals surface area contributed by atoms with Gasteiger partial charge in [-0.15, -0.1) is 11.8 Å². The van der Waals surface area contributed by atoms with Crippen molar-refractivity contribution in [1.82, 2.24) is 16.0 Å². The molecule has 0 aliphatic heterocycles. The average Bonchev–Trinajstić information content (AvgIpc) is 3.10. The topological polar surface area (TPSA) is 78.7 Å². The van der Waals surface area contributed by atoms with Gasteiger partial charge in [0.25, 0.3) is 5.91 Å². The summed E-state index contributed by atoms with van der Waals surface area (Å²) in [6.07, 6.45) is 2.30. The highest BCUT2D eigenvalue weighted by atomic mass is 35.5. The Hall–Kier alpha value is -2.12. The molecule has 0 bridgehead atoms. The van der Waals surface area contributed by atoms with Gasteiger partial charge >= 0.3 is 0 Å². The third kappa shape index (κ3) is 7.56. The number of halogens is 1. The molecule has 146 valence electrons. The van der Waals surface area contributed by atoms with Crippen LogP contribution >= 0.6 is 23.4 Å². The van der Waals surface area contributed by atoms with E-state index >= 15 is 0 Å². The lowest BCUT2D eigenvalue weighted by atomic mass is 10.2. The lowest BCUT2D eigenvalue weighted by Gasteiger charge is -2.12. The Morgan fingerprint density at radius 1 is 1.11 bits per heavy atom. The number of nitrogens with zero attached hydrogens (tertiary/aromatic N) is 1. The molecule has 0 aliphatic carbocycles. The number of nitrogens with one attached hydrogen (secondary N) is 3. The predicted molar refractivity (Wildman–Crippen MR) is 112 cm³/mol. The number of carbonyl (C=O) groups is 1. The first kappa shape index (κ1) is 21.2. The number of aliphatic imine (C=N–C) groups is 1. The molecule has 1 aromatic carbocycles. The number of thioether (sulfide) groups is 1. The zero-order valence-corrected chi connectivity index (χ0v) is 17.1. The standard InChI is InChI=1S/C19H25ClN4O2S/c1-14-8-12-26-17(14)18(25)22-9-3-10-23-19(21-2)24-11-13-27-16-6-4-15(20)5-7-16/h4-8,12H,3,9-11,13H2,1-2H3,(H,22,25)(H2,21,23,24). The molecule has 6 nitrogen and oxygen atoms in total. The molecule has 0 spiro atoms. The van der Waals surface area contributed by atoms with Crippen LogP contribution in [0.4, 0.5) is 0 Å². The summed E-state index contributed by atoms with van der Waals surface area (Å²) >= 11 is 7.64. The first-order valence-electron chi connectivity index (χ1n) is 8.75. The number of carbonyl (C=O) groups excluding carboxylic acids is 1. The van der Waals surface area contributed by atoms with E-state index in [1.54, 1.807) is 24.9 Å². The molecule has 27 heavy (non-hydrogen) atoms. The minimum Gasteiger partial charge on any atom is -0.459 e. The number of hydrogen-bond donors (Lipinski definition) is 3. The Morgan fingerprint density at radius 2 is 1.81 bits per heavy atom. The van der Waals surface area contributed by atoms with E-state index in [-0.39, 0.29) is 5.91 Å². The monoisotopic (exact) mass is 408 g/mol. The van der Waals surface area contributed by atoms with Crippen LogP contribution in [0.15, 0.2) is 50.9 Å². The Labute approximate surface area is 169 Å². The Kier molecular flexibility index (Phi) is 9.07. The zero-order valence-electron chi connectivity index (χ0n) is 15.5. The van der Waals surface area contributed by atoms with Gasteiger partial charge in [-0.25, -0.2) is 0 Å². The lowest BCUT2D eigenvalue weighted by Crippen LogP contribution is -2.39. The summed E-state index contributed by atoms with van der Waals surface area (Å²) in [5.74, 6) is 1.86. The van der Waals surface area contributed by atoms with Crippen molar-refractivity contribution in [3.05, 3.63) is 52.9 Å². The van der Waals surface area contributed by atoms with E-state index in [0.717, 1.165) is 35.3 Å². The molecular weight excluding hydrogens is 384 g/mol. The molecule has 0 unspecified atom stereocenters.